The SMILES string of the molecule is O=C(CN1C(=S)N[C@H](c2ccccn2)[C@H]1c1cccn1-c1ccccc1)Nc1ccccc1. The molecule has 2 atom stereocenters. The molecule has 3 heterocycles. The van der Waals surface area contributed by atoms with Crippen molar-refractivity contribution in [3.05, 3.63) is 115 Å². The lowest BCUT2D eigenvalue weighted by molar-refractivity contribution is -0.116. The lowest BCUT2D eigenvalue weighted by Crippen LogP contribution is -2.37. The van der Waals surface area contributed by atoms with Gasteiger partial charge >= 0.3 is 0 Å². The molecule has 2 aromatic carbocycles. The Morgan fingerprint density at radius 3 is 2.39 bits per heavy atom. The number of rotatable bonds is 6. The summed E-state index contributed by atoms with van der Waals surface area (Å²) in [5, 5.41) is 6.90. The lowest BCUT2D eigenvalue weighted by atomic mass is 10.0. The number of benzene rings is 2. The normalized spacial score (nSPS) is 17.6. The third-order valence-electron chi connectivity index (χ3n) is 5.69. The molecule has 4 aromatic rings. The van der Waals surface area contributed by atoms with Gasteiger partial charge in [0.1, 0.15) is 6.54 Å². The molecular weight excluding hydrogens is 430 g/mol. The van der Waals surface area contributed by atoms with Crippen molar-refractivity contribution < 1.29 is 4.79 Å². The Morgan fingerprint density at radius 1 is 0.939 bits per heavy atom. The molecule has 0 saturated carbocycles. The molecule has 1 saturated heterocycles. The van der Waals surface area contributed by atoms with Gasteiger partial charge in [0.25, 0.3) is 0 Å². The molecule has 164 valence electrons. The summed E-state index contributed by atoms with van der Waals surface area (Å²) in [6, 6.07) is 29.1. The third-order valence-corrected chi connectivity index (χ3v) is 6.04. The van der Waals surface area contributed by atoms with Crippen LogP contribution in [0.5, 0.6) is 0 Å². The van der Waals surface area contributed by atoms with E-state index in [0.29, 0.717) is 5.11 Å². The molecule has 5 rings (SSSR count). The molecule has 1 fully saturated rings. The number of thiocarbonyl (C=S) groups is 1. The first kappa shape index (κ1) is 20.9. The van der Waals surface area contributed by atoms with E-state index in [-0.39, 0.29) is 24.5 Å². The highest BCUT2D eigenvalue weighted by Gasteiger charge is 2.42. The Bertz CT molecular complexity index is 1240. The number of carbonyl (C=O) groups excluding carboxylic acids is 1. The first-order valence-electron chi connectivity index (χ1n) is 10.8. The zero-order valence-corrected chi connectivity index (χ0v) is 18.7. The molecular formula is C26H23N5OS. The van der Waals surface area contributed by atoms with Crippen molar-refractivity contribution in [2.24, 2.45) is 0 Å². The molecule has 2 aromatic heterocycles. The molecule has 0 spiro atoms. The molecule has 7 heteroatoms. The van der Waals surface area contributed by atoms with Crippen molar-refractivity contribution >= 4 is 28.9 Å². The minimum Gasteiger partial charge on any atom is -0.352 e. The molecule has 0 radical (unpaired) electrons. The predicted octanol–water partition coefficient (Wildman–Crippen LogP) is 4.48. The number of hydrogen-bond donors (Lipinski definition) is 2. The van der Waals surface area contributed by atoms with Crippen LogP contribution in [0.15, 0.2) is 103 Å². The topological polar surface area (TPSA) is 62.2 Å². The smallest absolute Gasteiger partial charge is 0.244 e. The minimum atomic E-state index is -0.218. The highest BCUT2D eigenvalue weighted by atomic mass is 32.1. The Balaban J connectivity index is 1.51. The first-order chi connectivity index (χ1) is 16.2. The molecule has 2 N–H and O–H groups in total. The number of hydrogen-bond acceptors (Lipinski definition) is 3. The van der Waals surface area contributed by atoms with E-state index < -0.39 is 0 Å². The summed E-state index contributed by atoms with van der Waals surface area (Å²) in [4.78, 5) is 19.5. The van der Waals surface area contributed by atoms with Crippen LogP contribution in [0.3, 0.4) is 0 Å². The quantitative estimate of drug-likeness (QED) is 0.422. The van der Waals surface area contributed by atoms with E-state index in [9.17, 15) is 4.79 Å². The summed E-state index contributed by atoms with van der Waals surface area (Å²) < 4.78 is 2.14. The van der Waals surface area contributed by atoms with Crippen molar-refractivity contribution in [3.8, 4) is 5.69 Å². The highest BCUT2D eigenvalue weighted by Crippen LogP contribution is 2.39. The maximum absolute atomic E-state index is 13.0. The number of anilines is 1. The molecule has 0 bridgehead atoms. The fourth-order valence-corrected chi connectivity index (χ4v) is 4.54. The van der Waals surface area contributed by atoms with Gasteiger partial charge < -0.3 is 20.1 Å². The number of amides is 1. The zero-order valence-electron chi connectivity index (χ0n) is 17.8. The summed E-state index contributed by atoms with van der Waals surface area (Å²) in [5.74, 6) is -0.130. The van der Waals surface area contributed by atoms with Gasteiger partial charge in [0, 0.05) is 29.5 Å². The van der Waals surface area contributed by atoms with E-state index in [0.717, 1.165) is 22.8 Å². The second-order valence-electron chi connectivity index (χ2n) is 7.81. The Labute approximate surface area is 197 Å². The second kappa shape index (κ2) is 9.26. The highest BCUT2D eigenvalue weighted by molar-refractivity contribution is 7.80. The van der Waals surface area contributed by atoms with Gasteiger partial charge in [-0.3, -0.25) is 9.78 Å². The average molecular weight is 454 g/mol. The van der Waals surface area contributed by atoms with E-state index in [1.54, 1.807) is 6.20 Å². The van der Waals surface area contributed by atoms with Crippen LogP contribution in [0, 0.1) is 0 Å². The van der Waals surface area contributed by atoms with Crippen LogP contribution >= 0.6 is 12.2 Å². The summed E-state index contributed by atoms with van der Waals surface area (Å²) in [7, 11) is 0. The summed E-state index contributed by atoms with van der Waals surface area (Å²) in [6.45, 7) is 0.120. The van der Waals surface area contributed by atoms with E-state index in [2.05, 4.69) is 38.4 Å². The molecule has 1 aliphatic rings. The molecule has 1 amide bonds. The maximum Gasteiger partial charge on any atom is 0.244 e. The Morgan fingerprint density at radius 2 is 1.67 bits per heavy atom. The second-order valence-corrected chi connectivity index (χ2v) is 8.19. The molecule has 0 unspecified atom stereocenters. The van der Waals surface area contributed by atoms with Crippen molar-refractivity contribution in [3.63, 3.8) is 0 Å². The molecule has 0 aliphatic carbocycles. The van der Waals surface area contributed by atoms with E-state index >= 15 is 0 Å². The van der Waals surface area contributed by atoms with Crippen LogP contribution in [-0.4, -0.2) is 32.0 Å². The molecule has 6 nitrogen and oxygen atoms in total. The average Bonchev–Trinajstić information content (AvgIpc) is 3.45. The summed E-state index contributed by atoms with van der Waals surface area (Å²) in [5.41, 5.74) is 3.70. The van der Waals surface area contributed by atoms with Crippen molar-refractivity contribution in [1.82, 2.24) is 19.8 Å². The lowest BCUT2D eigenvalue weighted by Gasteiger charge is -2.28. The van der Waals surface area contributed by atoms with Crippen LogP contribution in [0.25, 0.3) is 5.69 Å². The van der Waals surface area contributed by atoms with Crippen molar-refractivity contribution in [1.29, 1.82) is 0 Å². The predicted molar refractivity (Wildman–Crippen MR) is 133 cm³/mol. The van der Waals surface area contributed by atoms with Crippen molar-refractivity contribution in [2.75, 3.05) is 11.9 Å². The van der Waals surface area contributed by atoms with E-state index in [1.165, 1.54) is 0 Å². The van der Waals surface area contributed by atoms with Crippen molar-refractivity contribution in [2.45, 2.75) is 12.1 Å². The fraction of sp³-hybridized carbons (Fsp3) is 0.115. The summed E-state index contributed by atoms with van der Waals surface area (Å²) in [6.07, 6.45) is 3.81. The van der Waals surface area contributed by atoms with Crippen LogP contribution < -0.4 is 10.6 Å². The van der Waals surface area contributed by atoms with Gasteiger partial charge in [0.2, 0.25) is 5.91 Å². The number of pyridine rings is 1. The van der Waals surface area contributed by atoms with Gasteiger partial charge in [0.15, 0.2) is 5.11 Å². The van der Waals surface area contributed by atoms with E-state index in [4.69, 9.17) is 12.2 Å². The third kappa shape index (κ3) is 4.36. The van der Waals surface area contributed by atoms with Gasteiger partial charge in [-0.15, -0.1) is 0 Å². The Hall–Kier alpha value is -3.97. The maximum atomic E-state index is 13.0. The fourth-order valence-electron chi connectivity index (χ4n) is 4.23. The standard InChI is InChI=1S/C26H23N5OS/c32-23(28-19-10-3-1-4-11-19)18-31-25(24(29-26(31)33)21-14-7-8-16-27-21)22-15-9-17-30(22)20-12-5-2-6-13-20/h1-17,24-25H,18H2,(H,28,32)(H,29,33)/t24-,25-/m1/s1. The van der Waals surface area contributed by atoms with Gasteiger partial charge in [-0.25, -0.2) is 0 Å². The number of nitrogens with one attached hydrogen (secondary N) is 2. The van der Waals surface area contributed by atoms with Crippen LogP contribution in [0.1, 0.15) is 23.5 Å². The summed E-state index contributed by atoms with van der Waals surface area (Å²) >= 11 is 5.71. The van der Waals surface area contributed by atoms with Crippen LogP contribution in [0.4, 0.5) is 5.69 Å². The van der Waals surface area contributed by atoms with E-state index in [1.807, 2.05) is 83.9 Å². The minimum absolute atomic E-state index is 0.120. The molecule has 33 heavy (non-hydrogen) atoms. The van der Waals surface area contributed by atoms with Gasteiger partial charge in [0.05, 0.1) is 17.8 Å². The monoisotopic (exact) mass is 453 g/mol. The van der Waals surface area contributed by atoms with Crippen LogP contribution in [0.2, 0.25) is 0 Å². The van der Waals surface area contributed by atoms with Gasteiger partial charge in [-0.05, 0) is 60.7 Å². The number of carbonyl (C=O) groups is 1. The zero-order chi connectivity index (χ0) is 22.6. The number of para-hydroxylation sites is 2. The Kier molecular flexibility index (Phi) is 5.87. The molecule has 1 aliphatic heterocycles. The van der Waals surface area contributed by atoms with Crippen LogP contribution in [-0.2, 0) is 4.79 Å². The number of nitrogens with zero attached hydrogens (tertiary/aromatic N) is 3. The van der Waals surface area contributed by atoms with Gasteiger partial charge in [-0.2, -0.15) is 0 Å². The van der Waals surface area contributed by atoms with Gasteiger partial charge in [-0.1, -0.05) is 42.5 Å². The largest absolute Gasteiger partial charge is 0.352 e. The first-order valence-corrected chi connectivity index (χ1v) is 11.2. The number of aromatic nitrogens is 2.